The summed E-state index contributed by atoms with van der Waals surface area (Å²) in [6.07, 6.45) is 2.66. The Morgan fingerprint density at radius 3 is 2.84 bits per heavy atom. The number of nitrogens with zero attached hydrogens (tertiary/aromatic N) is 2. The van der Waals surface area contributed by atoms with Crippen molar-refractivity contribution >= 4 is 23.1 Å². The summed E-state index contributed by atoms with van der Waals surface area (Å²) in [5.74, 6) is -0.284. The molecule has 0 aliphatic rings. The highest BCUT2D eigenvalue weighted by molar-refractivity contribution is 7.09. The Kier molecular flexibility index (Phi) is 4.11. The van der Waals surface area contributed by atoms with E-state index >= 15 is 0 Å². The van der Waals surface area contributed by atoms with Crippen LogP contribution in [0.1, 0.15) is 40.4 Å². The Balaban J connectivity index is 2.19. The van der Waals surface area contributed by atoms with Crippen LogP contribution in [0.4, 0.5) is 5.82 Å². The van der Waals surface area contributed by atoms with Gasteiger partial charge in [-0.25, -0.2) is 14.8 Å². The molecule has 100 valence electrons. The van der Waals surface area contributed by atoms with Gasteiger partial charge in [-0.15, -0.1) is 11.3 Å². The number of carboxylic acids is 1. The molecule has 0 aliphatic heterocycles. The van der Waals surface area contributed by atoms with Crippen LogP contribution in [0.25, 0.3) is 0 Å². The summed E-state index contributed by atoms with van der Waals surface area (Å²) in [6.45, 7) is 3.76. The molecule has 0 fully saturated rings. The summed E-state index contributed by atoms with van der Waals surface area (Å²) in [5, 5.41) is 15.2. The number of nitrogens with one attached hydrogen (secondary N) is 1. The molecule has 2 aromatic heterocycles. The Bertz CT molecular complexity index is 569. The number of rotatable bonds is 5. The number of aromatic nitrogens is 2. The number of pyridine rings is 1. The standard InChI is InChI=1S/C13H15N3O2S/c1-3-10(12-14-6-7-19-12)16-11-5-4-9(13(17)18)8(2)15-11/h4-7,10H,3H2,1-2H3,(H,15,16)(H,17,18). The number of hydrogen-bond donors (Lipinski definition) is 2. The van der Waals surface area contributed by atoms with E-state index in [0.717, 1.165) is 11.4 Å². The molecule has 2 heterocycles. The zero-order valence-corrected chi connectivity index (χ0v) is 11.6. The molecule has 1 unspecified atom stereocenters. The summed E-state index contributed by atoms with van der Waals surface area (Å²) in [6, 6.07) is 3.36. The Morgan fingerprint density at radius 2 is 2.32 bits per heavy atom. The first-order chi connectivity index (χ1) is 9.11. The van der Waals surface area contributed by atoms with E-state index in [0.29, 0.717) is 11.5 Å². The van der Waals surface area contributed by atoms with Gasteiger partial charge in [-0.3, -0.25) is 0 Å². The Morgan fingerprint density at radius 1 is 1.53 bits per heavy atom. The molecule has 1 atom stereocenters. The van der Waals surface area contributed by atoms with Crippen LogP contribution < -0.4 is 5.32 Å². The minimum Gasteiger partial charge on any atom is -0.478 e. The molecule has 0 spiro atoms. The number of carbonyl (C=O) groups is 1. The quantitative estimate of drug-likeness (QED) is 0.878. The fourth-order valence-corrected chi connectivity index (χ4v) is 2.56. The van der Waals surface area contributed by atoms with Crippen LogP contribution in [-0.2, 0) is 0 Å². The van der Waals surface area contributed by atoms with Gasteiger partial charge < -0.3 is 10.4 Å². The van der Waals surface area contributed by atoms with Gasteiger partial charge in [0.1, 0.15) is 10.8 Å². The molecule has 19 heavy (non-hydrogen) atoms. The third-order valence-corrected chi connectivity index (χ3v) is 3.69. The lowest BCUT2D eigenvalue weighted by Crippen LogP contribution is -2.12. The van der Waals surface area contributed by atoms with Crippen molar-refractivity contribution in [1.82, 2.24) is 9.97 Å². The van der Waals surface area contributed by atoms with E-state index in [1.807, 2.05) is 5.38 Å². The summed E-state index contributed by atoms with van der Waals surface area (Å²) >= 11 is 1.59. The molecular weight excluding hydrogens is 262 g/mol. The minimum absolute atomic E-state index is 0.0996. The van der Waals surface area contributed by atoms with Gasteiger partial charge in [0.05, 0.1) is 17.3 Å². The van der Waals surface area contributed by atoms with E-state index in [4.69, 9.17) is 5.11 Å². The van der Waals surface area contributed by atoms with Gasteiger partial charge >= 0.3 is 5.97 Å². The minimum atomic E-state index is -0.955. The normalized spacial score (nSPS) is 12.1. The highest BCUT2D eigenvalue weighted by Crippen LogP contribution is 2.23. The second kappa shape index (κ2) is 5.79. The van der Waals surface area contributed by atoms with E-state index < -0.39 is 5.97 Å². The van der Waals surface area contributed by atoms with Gasteiger partial charge in [0.2, 0.25) is 0 Å². The second-order valence-corrected chi connectivity index (χ2v) is 5.04. The Hall–Kier alpha value is -1.95. The zero-order valence-electron chi connectivity index (χ0n) is 10.8. The van der Waals surface area contributed by atoms with Gasteiger partial charge in [0, 0.05) is 11.6 Å². The van der Waals surface area contributed by atoms with Crippen LogP contribution in [0.15, 0.2) is 23.7 Å². The van der Waals surface area contributed by atoms with Crippen molar-refractivity contribution < 1.29 is 9.90 Å². The number of anilines is 1. The van der Waals surface area contributed by atoms with Gasteiger partial charge in [-0.2, -0.15) is 0 Å². The largest absolute Gasteiger partial charge is 0.478 e. The van der Waals surface area contributed by atoms with Crippen molar-refractivity contribution in [3.05, 3.63) is 40.0 Å². The number of hydrogen-bond acceptors (Lipinski definition) is 5. The average molecular weight is 277 g/mol. The van der Waals surface area contributed by atoms with Crippen LogP contribution in [0.5, 0.6) is 0 Å². The maximum atomic E-state index is 10.9. The van der Waals surface area contributed by atoms with E-state index in [9.17, 15) is 4.79 Å². The average Bonchev–Trinajstić information content (AvgIpc) is 2.89. The number of carboxylic acid groups (broad SMARTS) is 1. The molecule has 0 radical (unpaired) electrons. The zero-order chi connectivity index (χ0) is 13.8. The van der Waals surface area contributed by atoms with Crippen LogP contribution in [0, 0.1) is 6.92 Å². The van der Waals surface area contributed by atoms with Gasteiger partial charge in [-0.05, 0) is 25.5 Å². The third-order valence-electron chi connectivity index (χ3n) is 2.80. The van der Waals surface area contributed by atoms with Crippen LogP contribution >= 0.6 is 11.3 Å². The van der Waals surface area contributed by atoms with E-state index in [-0.39, 0.29) is 11.6 Å². The lowest BCUT2D eigenvalue weighted by molar-refractivity contribution is 0.0695. The highest BCUT2D eigenvalue weighted by atomic mass is 32.1. The molecule has 2 N–H and O–H groups in total. The molecule has 5 nitrogen and oxygen atoms in total. The summed E-state index contributed by atoms with van der Waals surface area (Å²) in [5.41, 5.74) is 0.735. The topological polar surface area (TPSA) is 75.1 Å². The summed E-state index contributed by atoms with van der Waals surface area (Å²) in [4.78, 5) is 19.5. The Labute approximate surface area is 115 Å². The smallest absolute Gasteiger partial charge is 0.337 e. The molecule has 0 bridgehead atoms. The first-order valence-corrected chi connectivity index (χ1v) is 6.86. The third kappa shape index (κ3) is 3.08. The SMILES string of the molecule is CCC(Nc1ccc(C(=O)O)c(C)n1)c1nccs1. The van der Waals surface area contributed by atoms with E-state index in [2.05, 4.69) is 22.2 Å². The maximum absolute atomic E-state index is 10.9. The number of thiazole rings is 1. The number of aryl methyl sites for hydroxylation is 1. The second-order valence-electron chi connectivity index (χ2n) is 4.11. The predicted molar refractivity (Wildman–Crippen MR) is 74.7 cm³/mol. The predicted octanol–water partition coefficient (Wildman–Crippen LogP) is 3.11. The maximum Gasteiger partial charge on any atom is 0.337 e. The summed E-state index contributed by atoms with van der Waals surface area (Å²) in [7, 11) is 0. The molecule has 2 aromatic rings. The van der Waals surface area contributed by atoms with Crippen molar-refractivity contribution in [1.29, 1.82) is 0 Å². The summed E-state index contributed by atoms with van der Waals surface area (Å²) < 4.78 is 0. The molecule has 6 heteroatoms. The van der Waals surface area contributed by atoms with Crippen molar-refractivity contribution in [2.75, 3.05) is 5.32 Å². The molecule has 0 aromatic carbocycles. The lowest BCUT2D eigenvalue weighted by Gasteiger charge is -2.15. The molecule has 0 saturated carbocycles. The van der Waals surface area contributed by atoms with Crippen LogP contribution in [0.3, 0.4) is 0 Å². The fraction of sp³-hybridized carbons (Fsp3) is 0.308. The van der Waals surface area contributed by atoms with Crippen molar-refractivity contribution in [3.8, 4) is 0 Å². The van der Waals surface area contributed by atoms with Gasteiger partial charge in [-0.1, -0.05) is 6.92 Å². The molecule has 0 saturated heterocycles. The molecule has 2 rings (SSSR count). The van der Waals surface area contributed by atoms with Crippen molar-refractivity contribution in [2.45, 2.75) is 26.3 Å². The van der Waals surface area contributed by atoms with Crippen LogP contribution in [0.2, 0.25) is 0 Å². The fourth-order valence-electron chi connectivity index (χ4n) is 1.79. The molecule has 0 aliphatic carbocycles. The monoisotopic (exact) mass is 277 g/mol. The first-order valence-electron chi connectivity index (χ1n) is 5.98. The molecule has 0 amide bonds. The van der Waals surface area contributed by atoms with E-state index in [1.54, 1.807) is 36.6 Å². The van der Waals surface area contributed by atoms with Gasteiger partial charge in [0.15, 0.2) is 0 Å². The highest BCUT2D eigenvalue weighted by Gasteiger charge is 2.14. The van der Waals surface area contributed by atoms with Gasteiger partial charge in [0.25, 0.3) is 0 Å². The molecular formula is C13H15N3O2S. The van der Waals surface area contributed by atoms with Crippen molar-refractivity contribution in [2.24, 2.45) is 0 Å². The van der Waals surface area contributed by atoms with E-state index in [1.165, 1.54) is 0 Å². The van der Waals surface area contributed by atoms with Crippen molar-refractivity contribution in [3.63, 3.8) is 0 Å². The first kappa shape index (κ1) is 13.5. The van der Waals surface area contributed by atoms with Crippen LogP contribution in [-0.4, -0.2) is 21.0 Å². The lowest BCUT2D eigenvalue weighted by atomic mass is 10.2. The number of aromatic carboxylic acids is 1.